The first-order chi connectivity index (χ1) is 12.5. The van der Waals surface area contributed by atoms with Crippen LogP contribution in [0.1, 0.15) is 24.1 Å². The maximum Gasteiger partial charge on any atom is 0.319 e. The van der Waals surface area contributed by atoms with Crippen LogP contribution in [0.3, 0.4) is 0 Å². The average Bonchev–Trinajstić information content (AvgIpc) is 2.63. The number of urea groups is 1. The number of carbonyl (C=O) groups excluding carboxylic acids is 2. The molecule has 3 amide bonds. The fourth-order valence-electron chi connectivity index (χ4n) is 2.94. The molecule has 0 spiro atoms. The van der Waals surface area contributed by atoms with Crippen molar-refractivity contribution in [2.45, 2.75) is 19.9 Å². The summed E-state index contributed by atoms with van der Waals surface area (Å²) in [7, 11) is 1.59. The molecular weight excluding hydrogens is 330 g/mol. The number of anilines is 1. The Balaban J connectivity index is 1.94. The summed E-state index contributed by atoms with van der Waals surface area (Å²) in [4.78, 5) is 24.9. The highest BCUT2D eigenvalue weighted by molar-refractivity contribution is 6.07. The second kappa shape index (κ2) is 7.31. The zero-order chi connectivity index (χ0) is 18.7. The first-order valence-corrected chi connectivity index (χ1v) is 8.29. The molecule has 6 nitrogen and oxygen atoms in total. The van der Waals surface area contributed by atoms with E-state index in [2.05, 4.69) is 16.0 Å². The second-order valence-electron chi connectivity index (χ2n) is 6.11. The maximum absolute atomic E-state index is 13.0. The van der Waals surface area contributed by atoms with Gasteiger partial charge in [0.25, 0.3) is 5.91 Å². The van der Waals surface area contributed by atoms with E-state index in [1.54, 1.807) is 26.2 Å². The lowest BCUT2D eigenvalue weighted by Crippen LogP contribution is -2.46. The van der Waals surface area contributed by atoms with Crippen LogP contribution in [0.4, 0.5) is 10.5 Å². The van der Waals surface area contributed by atoms with Crippen LogP contribution in [0.5, 0.6) is 5.75 Å². The monoisotopic (exact) mass is 351 g/mol. The van der Waals surface area contributed by atoms with Gasteiger partial charge in [0.05, 0.1) is 18.7 Å². The van der Waals surface area contributed by atoms with Gasteiger partial charge < -0.3 is 20.7 Å². The van der Waals surface area contributed by atoms with Gasteiger partial charge in [-0.05, 0) is 43.2 Å². The van der Waals surface area contributed by atoms with E-state index in [1.807, 2.05) is 43.3 Å². The van der Waals surface area contributed by atoms with Crippen LogP contribution in [0.15, 0.2) is 59.8 Å². The molecule has 1 aliphatic rings. The Labute approximate surface area is 152 Å². The molecule has 6 heteroatoms. The van der Waals surface area contributed by atoms with Gasteiger partial charge in [-0.2, -0.15) is 0 Å². The summed E-state index contributed by atoms with van der Waals surface area (Å²) in [5.74, 6) is 0.450. The van der Waals surface area contributed by atoms with E-state index in [1.165, 1.54) is 0 Å². The second-order valence-corrected chi connectivity index (χ2v) is 6.11. The third kappa shape index (κ3) is 3.54. The van der Waals surface area contributed by atoms with Gasteiger partial charge in [-0.15, -0.1) is 0 Å². The molecule has 3 N–H and O–H groups in total. The maximum atomic E-state index is 13.0. The average molecular weight is 351 g/mol. The van der Waals surface area contributed by atoms with Gasteiger partial charge >= 0.3 is 6.03 Å². The number of ether oxygens (including phenoxy) is 1. The number of aryl methyl sites for hydroxylation is 1. The molecule has 0 saturated heterocycles. The minimum atomic E-state index is -0.543. The van der Waals surface area contributed by atoms with E-state index < -0.39 is 6.04 Å². The van der Waals surface area contributed by atoms with Crippen molar-refractivity contribution in [3.8, 4) is 5.75 Å². The SMILES string of the molecule is COc1ccc(C2NC(=O)NC(C)=C2C(=O)Nc2ccccc2C)cc1. The van der Waals surface area contributed by atoms with Crippen molar-refractivity contribution >= 4 is 17.6 Å². The number of benzene rings is 2. The Bertz CT molecular complexity index is 872. The van der Waals surface area contributed by atoms with Gasteiger partial charge in [-0.25, -0.2) is 4.79 Å². The standard InChI is InChI=1S/C20H21N3O3/c1-12-6-4-5-7-16(12)22-19(24)17-13(2)21-20(25)23-18(17)14-8-10-15(26-3)11-9-14/h4-11,18H,1-3H3,(H,22,24)(H2,21,23,25). The summed E-state index contributed by atoms with van der Waals surface area (Å²) in [6.07, 6.45) is 0. The zero-order valence-electron chi connectivity index (χ0n) is 14.9. The number of amides is 3. The quantitative estimate of drug-likeness (QED) is 0.791. The molecule has 1 unspecified atom stereocenters. The summed E-state index contributed by atoms with van der Waals surface area (Å²) in [5.41, 5.74) is 3.50. The van der Waals surface area contributed by atoms with E-state index in [0.717, 1.165) is 16.8 Å². The number of allylic oxidation sites excluding steroid dienone is 1. The zero-order valence-corrected chi connectivity index (χ0v) is 14.9. The molecule has 3 rings (SSSR count). The molecule has 0 radical (unpaired) electrons. The van der Waals surface area contributed by atoms with Crippen LogP contribution in [0.25, 0.3) is 0 Å². The van der Waals surface area contributed by atoms with E-state index in [-0.39, 0.29) is 11.9 Å². The van der Waals surface area contributed by atoms with Crippen molar-refractivity contribution in [1.29, 1.82) is 0 Å². The van der Waals surface area contributed by atoms with Gasteiger partial charge in [0.2, 0.25) is 0 Å². The van der Waals surface area contributed by atoms with Crippen LogP contribution in [-0.4, -0.2) is 19.0 Å². The smallest absolute Gasteiger partial charge is 0.319 e. The third-order valence-electron chi connectivity index (χ3n) is 4.36. The van der Waals surface area contributed by atoms with Crippen molar-refractivity contribution < 1.29 is 14.3 Å². The summed E-state index contributed by atoms with van der Waals surface area (Å²) in [6, 6.07) is 14.0. The first kappa shape index (κ1) is 17.5. The molecule has 2 aromatic rings. The number of nitrogens with one attached hydrogen (secondary N) is 3. The van der Waals surface area contributed by atoms with Crippen LogP contribution in [0, 0.1) is 6.92 Å². The lowest BCUT2D eigenvalue weighted by molar-refractivity contribution is -0.113. The van der Waals surface area contributed by atoms with Crippen LogP contribution < -0.4 is 20.7 Å². The number of hydrogen-bond acceptors (Lipinski definition) is 3. The van der Waals surface area contributed by atoms with Gasteiger partial charge in [0, 0.05) is 11.4 Å². The molecule has 0 aromatic heterocycles. The Morgan fingerprint density at radius 3 is 2.42 bits per heavy atom. The predicted octanol–water partition coefficient (Wildman–Crippen LogP) is 3.27. The number of hydrogen-bond donors (Lipinski definition) is 3. The van der Waals surface area contributed by atoms with Crippen molar-refractivity contribution in [3.63, 3.8) is 0 Å². The highest BCUT2D eigenvalue weighted by Crippen LogP contribution is 2.29. The molecule has 1 aliphatic heterocycles. The Morgan fingerprint density at radius 1 is 1.08 bits per heavy atom. The molecule has 0 fully saturated rings. The summed E-state index contributed by atoms with van der Waals surface area (Å²) >= 11 is 0. The number of methoxy groups -OCH3 is 1. The topological polar surface area (TPSA) is 79.5 Å². The number of para-hydroxylation sites is 1. The van der Waals surface area contributed by atoms with Gasteiger partial charge in [-0.3, -0.25) is 4.79 Å². The summed E-state index contributed by atoms with van der Waals surface area (Å²) in [6.45, 7) is 3.65. The molecule has 0 saturated carbocycles. The summed E-state index contributed by atoms with van der Waals surface area (Å²) < 4.78 is 5.17. The lowest BCUT2D eigenvalue weighted by Gasteiger charge is -2.29. The number of carbonyl (C=O) groups is 2. The molecular formula is C20H21N3O3. The van der Waals surface area contributed by atoms with Crippen LogP contribution in [-0.2, 0) is 4.79 Å². The van der Waals surface area contributed by atoms with Crippen molar-refractivity contribution in [2.24, 2.45) is 0 Å². The van der Waals surface area contributed by atoms with Gasteiger partial charge in [0.1, 0.15) is 5.75 Å². The normalized spacial score (nSPS) is 16.6. The molecule has 2 aromatic carbocycles. The predicted molar refractivity (Wildman–Crippen MR) is 99.9 cm³/mol. The molecule has 0 aliphatic carbocycles. The lowest BCUT2D eigenvalue weighted by atomic mass is 9.94. The molecule has 134 valence electrons. The van der Waals surface area contributed by atoms with Crippen molar-refractivity contribution in [2.75, 3.05) is 12.4 Å². The van der Waals surface area contributed by atoms with E-state index >= 15 is 0 Å². The number of rotatable bonds is 4. The fraction of sp³-hybridized carbons (Fsp3) is 0.200. The van der Waals surface area contributed by atoms with E-state index in [0.29, 0.717) is 17.0 Å². The minimum absolute atomic E-state index is 0.259. The van der Waals surface area contributed by atoms with Gasteiger partial charge in [-0.1, -0.05) is 30.3 Å². The third-order valence-corrected chi connectivity index (χ3v) is 4.36. The molecule has 0 bridgehead atoms. The Kier molecular flexibility index (Phi) is 4.93. The Hall–Kier alpha value is -3.28. The minimum Gasteiger partial charge on any atom is -0.497 e. The van der Waals surface area contributed by atoms with Crippen molar-refractivity contribution in [3.05, 3.63) is 70.9 Å². The van der Waals surface area contributed by atoms with Crippen molar-refractivity contribution in [1.82, 2.24) is 10.6 Å². The van der Waals surface area contributed by atoms with E-state index in [9.17, 15) is 9.59 Å². The molecule has 1 heterocycles. The molecule has 1 atom stereocenters. The van der Waals surface area contributed by atoms with Crippen LogP contribution in [0.2, 0.25) is 0 Å². The fourth-order valence-corrected chi connectivity index (χ4v) is 2.94. The first-order valence-electron chi connectivity index (χ1n) is 8.29. The van der Waals surface area contributed by atoms with E-state index in [4.69, 9.17) is 4.74 Å². The summed E-state index contributed by atoms with van der Waals surface area (Å²) in [5, 5.41) is 8.43. The highest BCUT2D eigenvalue weighted by Gasteiger charge is 2.31. The largest absolute Gasteiger partial charge is 0.497 e. The van der Waals surface area contributed by atoms with Crippen LogP contribution >= 0.6 is 0 Å². The molecule has 26 heavy (non-hydrogen) atoms. The van der Waals surface area contributed by atoms with Gasteiger partial charge in [0.15, 0.2) is 0 Å². The Morgan fingerprint density at radius 2 is 1.77 bits per heavy atom. The highest BCUT2D eigenvalue weighted by atomic mass is 16.5.